The van der Waals surface area contributed by atoms with Crippen LogP contribution in [0.15, 0.2) is 90.1 Å². The predicted molar refractivity (Wildman–Crippen MR) is 98.3 cm³/mol. The molecule has 0 unspecified atom stereocenters. The van der Waals surface area contributed by atoms with Gasteiger partial charge in [0, 0.05) is 5.69 Å². The van der Waals surface area contributed by atoms with E-state index >= 15 is 0 Å². The number of fused-ring (bicyclic) bond motifs is 1. The molecule has 4 aromatic rings. The molecule has 25 heavy (non-hydrogen) atoms. The molecular formula is C19H15N3O2S. The minimum atomic E-state index is -3.61. The molecule has 124 valence electrons. The summed E-state index contributed by atoms with van der Waals surface area (Å²) in [7, 11) is -3.61. The lowest BCUT2D eigenvalue weighted by molar-refractivity contribution is 0.601. The number of hydrogen-bond acceptors (Lipinski definition) is 3. The molecule has 1 N–H and O–H groups in total. The first-order valence-electron chi connectivity index (χ1n) is 7.74. The van der Waals surface area contributed by atoms with Crippen molar-refractivity contribution < 1.29 is 8.42 Å². The largest absolute Gasteiger partial charge is 0.299 e. The number of nitrogens with zero attached hydrogens (tertiary/aromatic N) is 2. The SMILES string of the molecule is O=S(=O)(Nc1ccc2c(c1)ncn2-c1ccccc1)c1ccccc1. The zero-order chi connectivity index (χ0) is 17.3. The zero-order valence-corrected chi connectivity index (χ0v) is 14.0. The highest BCUT2D eigenvalue weighted by atomic mass is 32.2. The number of sulfonamides is 1. The summed E-state index contributed by atoms with van der Waals surface area (Å²) in [6.45, 7) is 0. The molecule has 0 aliphatic heterocycles. The van der Waals surface area contributed by atoms with Crippen LogP contribution in [-0.2, 0) is 10.0 Å². The van der Waals surface area contributed by atoms with Gasteiger partial charge in [0.15, 0.2) is 0 Å². The Morgan fingerprint density at radius 1 is 0.840 bits per heavy atom. The number of benzene rings is 3. The molecule has 0 saturated carbocycles. The fourth-order valence-corrected chi connectivity index (χ4v) is 3.75. The summed E-state index contributed by atoms with van der Waals surface area (Å²) in [5.74, 6) is 0. The van der Waals surface area contributed by atoms with Gasteiger partial charge in [-0.1, -0.05) is 36.4 Å². The van der Waals surface area contributed by atoms with Crippen LogP contribution in [0.4, 0.5) is 5.69 Å². The summed E-state index contributed by atoms with van der Waals surface area (Å²) in [6, 6.07) is 23.5. The molecule has 0 aliphatic carbocycles. The number of para-hydroxylation sites is 1. The molecule has 3 aromatic carbocycles. The molecule has 0 saturated heterocycles. The number of rotatable bonds is 4. The van der Waals surface area contributed by atoms with E-state index in [-0.39, 0.29) is 4.90 Å². The van der Waals surface area contributed by atoms with E-state index in [1.54, 1.807) is 48.8 Å². The summed E-state index contributed by atoms with van der Waals surface area (Å²) < 4.78 is 29.4. The smallest absolute Gasteiger partial charge is 0.261 e. The van der Waals surface area contributed by atoms with Crippen LogP contribution in [0.1, 0.15) is 0 Å². The molecular weight excluding hydrogens is 334 g/mol. The average molecular weight is 349 g/mol. The Bertz CT molecular complexity index is 1120. The third-order valence-corrected chi connectivity index (χ3v) is 5.28. The molecule has 0 spiro atoms. The van der Waals surface area contributed by atoms with Crippen molar-refractivity contribution in [3.63, 3.8) is 0 Å². The van der Waals surface area contributed by atoms with Crippen LogP contribution in [0, 0.1) is 0 Å². The average Bonchev–Trinajstić information content (AvgIpc) is 3.06. The first kappa shape index (κ1) is 15.4. The Kier molecular flexibility index (Phi) is 3.74. The van der Waals surface area contributed by atoms with E-state index in [0.29, 0.717) is 5.69 Å². The maximum atomic E-state index is 12.4. The molecule has 5 nitrogen and oxygen atoms in total. The Morgan fingerprint density at radius 3 is 2.24 bits per heavy atom. The normalized spacial score (nSPS) is 11.5. The number of nitrogens with one attached hydrogen (secondary N) is 1. The third kappa shape index (κ3) is 2.99. The second-order valence-electron chi connectivity index (χ2n) is 5.57. The van der Waals surface area contributed by atoms with Crippen LogP contribution in [0.5, 0.6) is 0 Å². The van der Waals surface area contributed by atoms with Gasteiger partial charge in [-0.3, -0.25) is 9.29 Å². The maximum Gasteiger partial charge on any atom is 0.261 e. The van der Waals surface area contributed by atoms with E-state index in [1.165, 1.54) is 0 Å². The minimum Gasteiger partial charge on any atom is -0.299 e. The van der Waals surface area contributed by atoms with E-state index < -0.39 is 10.0 Å². The Balaban J connectivity index is 1.69. The van der Waals surface area contributed by atoms with Gasteiger partial charge in [0.25, 0.3) is 10.0 Å². The van der Waals surface area contributed by atoms with Crippen LogP contribution in [0.2, 0.25) is 0 Å². The summed E-state index contributed by atoms with van der Waals surface area (Å²) in [4.78, 5) is 4.61. The standard InChI is InChI=1S/C19H15N3O2S/c23-25(24,17-9-5-2-6-10-17)21-15-11-12-19-18(13-15)20-14-22(19)16-7-3-1-4-8-16/h1-14,21H. The molecule has 0 amide bonds. The summed E-state index contributed by atoms with van der Waals surface area (Å²) >= 11 is 0. The van der Waals surface area contributed by atoms with Crippen molar-refractivity contribution in [2.75, 3.05) is 4.72 Å². The lowest BCUT2D eigenvalue weighted by atomic mass is 10.2. The molecule has 0 fully saturated rings. The van der Waals surface area contributed by atoms with Gasteiger partial charge in [0.1, 0.15) is 6.33 Å². The zero-order valence-electron chi connectivity index (χ0n) is 13.2. The fraction of sp³-hybridized carbons (Fsp3) is 0. The highest BCUT2D eigenvalue weighted by Crippen LogP contribution is 2.23. The molecule has 0 bridgehead atoms. The van der Waals surface area contributed by atoms with E-state index in [4.69, 9.17) is 0 Å². The van der Waals surface area contributed by atoms with Crippen LogP contribution in [0.25, 0.3) is 16.7 Å². The van der Waals surface area contributed by atoms with Crippen LogP contribution >= 0.6 is 0 Å². The van der Waals surface area contributed by atoms with Crippen molar-refractivity contribution in [3.8, 4) is 5.69 Å². The molecule has 1 heterocycles. The quantitative estimate of drug-likeness (QED) is 0.609. The second-order valence-corrected chi connectivity index (χ2v) is 7.25. The van der Waals surface area contributed by atoms with Gasteiger partial charge in [0.05, 0.1) is 21.6 Å². The van der Waals surface area contributed by atoms with E-state index in [0.717, 1.165) is 16.7 Å². The maximum absolute atomic E-state index is 12.4. The molecule has 6 heteroatoms. The lowest BCUT2D eigenvalue weighted by Crippen LogP contribution is -2.12. The van der Waals surface area contributed by atoms with Gasteiger partial charge >= 0.3 is 0 Å². The number of imidazole rings is 1. The van der Waals surface area contributed by atoms with E-state index in [9.17, 15) is 8.42 Å². The van der Waals surface area contributed by atoms with Crippen molar-refractivity contribution >= 4 is 26.7 Å². The summed E-state index contributed by atoms with van der Waals surface area (Å²) in [5.41, 5.74) is 3.11. The number of anilines is 1. The van der Waals surface area contributed by atoms with Crippen molar-refractivity contribution in [1.82, 2.24) is 9.55 Å². The molecule has 0 atom stereocenters. The van der Waals surface area contributed by atoms with Gasteiger partial charge in [-0.15, -0.1) is 0 Å². The highest BCUT2D eigenvalue weighted by Gasteiger charge is 2.14. The van der Waals surface area contributed by atoms with Crippen molar-refractivity contribution in [3.05, 3.63) is 85.2 Å². The molecule has 0 aliphatic rings. The minimum absolute atomic E-state index is 0.227. The van der Waals surface area contributed by atoms with Crippen LogP contribution in [-0.4, -0.2) is 18.0 Å². The molecule has 0 radical (unpaired) electrons. The number of hydrogen-bond donors (Lipinski definition) is 1. The van der Waals surface area contributed by atoms with E-state index in [1.807, 2.05) is 41.0 Å². The second kappa shape index (κ2) is 6.07. The van der Waals surface area contributed by atoms with Gasteiger partial charge in [-0.2, -0.15) is 0 Å². The molecule has 1 aromatic heterocycles. The Hall–Kier alpha value is -3.12. The summed E-state index contributed by atoms with van der Waals surface area (Å²) in [5, 5.41) is 0. The Labute approximate surface area is 145 Å². The first-order valence-corrected chi connectivity index (χ1v) is 9.22. The Morgan fingerprint density at radius 2 is 1.52 bits per heavy atom. The van der Waals surface area contributed by atoms with Gasteiger partial charge < -0.3 is 0 Å². The van der Waals surface area contributed by atoms with Crippen molar-refractivity contribution in [2.24, 2.45) is 0 Å². The fourth-order valence-electron chi connectivity index (χ4n) is 2.68. The number of aromatic nitrogens is 2. The van der Waals surface area contributed by atoms with Crippen LogP contribution < -0.4 is 4.72 Å². The van der Waals surface area contributed by atoms with Gasteiger partial charge in [0.2, 0.25) is 0 Å². The molecule has 4 rings (SSSR count). The predicted octanol–water partition coefficient (Wildman–Crippen LogP) is 3.83. The highest BCUT2D eigenvalue weighted by molar-refractivity contribution is 7.92. The monoisotopic (exact) mass is 349 g/mol. The van der Waals surface area contributed by atoms with Crippen molar-refractivity contribution in [2.45, 2.75) is 4.90 Å². The third-order valence-electron chi connectivity index (χ3n) is 3.89. The van der Waals surface area contributed by atoms with Crippen molar-refractivity contribution in [1.29, 1.82) is 0 Å². The topological polar surface area (TPSA) is 64.0 Å². The van der Waals surface area contributed by atoms with Crippen LogP contribution in [0.3, 0.4) is 0 Å². The van der Waals surface area contributed by atoms with Gasteiger partial charge in [-0.05, 0) is 42.5 Å². The summed E-state index contributed by atoms with van der Waals surface area (Å²) in [6.07, 6.45) is 1.73. The first-order chi connectivity index (χ1) is 12.1. The van der Waals surface area contributed by atoms with Gasteiger partial charge in [-0.25, -0.2) is 13.4 Å². The van der Waals surface area contributed by atoms with E-state index in [2.05, 4.69) is 9.71 Å². The lowest BCUT2D eigenvalue weighted by Gasteiger charge is -2.08.